The Bertz CT molecular complexity index is 956. The molecule has 0 saturated heterocycles. The van der Waals surface area contributed by atoms with Crippen LogP contribution in [0, 0.1) is 13.8 Å². The first-order chi connectivity index (χ1) is 11.6. The highest BCUT2D eigenvalue weighted by Gasteiger charge is 2.15. The van der Waals surface area contributed by atoms with Crippen LogP contribution in [0.5, 0.6) is 5.75 Å². The van der Waals surface area contributed by atoms with Crippen LogP contribution in [0.15, 0.2) is 52.3 Å². The van der Waals surface area contributed by atoms with E-state index in [1.165, 1.54) is 18.2 Å². The summed E-state index contributed by atoms with van der Waals surface area (Å²) in [6.45, 7) is 3.48. The Morgan fingerprint density at radius 3 is 2.24 bits per heavy atom. The minimum atomic E-state index is -3.80. The molecule has 0 aliphatic carbocycles. The zero-order valence-electron chi connectivity index (χ0n) is 13.9. The number of benzene rings is 2. The second-order valence-electron chi connectivity index (χ2n) is 5.49. The first kappa shape index (κ1) is 19.4. The van der Waals surface area contributed by atoms with Crippen molar-refractivity contribution in [1.29, 1.82) is 0 Å². The van der Waals surface area contributed by atoms with E-state index in [2.05, 4.69) is 4.72 Å². The van der Waals surface area contributed by atoms with E-state index in [0.29, 0.717) is 16.9 Å². The zero-order chi connectivity index (χ0) is 18.7. The molecule has 0 unspecified atom stereocenters. The molecule has 0 radical (unpaired) electrons. The van der Waals surface area contributed by atoms with Gasteiger partial charge in [0, 0.05) is 6.54 Å². The van der Waals surface area contributed by atoms with Crippen molar-refractivity contribution >= 4 is 20.0 Å². The average Bonchev–Trinajstić information content (AvgIpc) is 2.54. The minimum Gasteiger partial charge on any atom is -0.492 e. The first-order valence-electron chi connectivity index (χ1n) is 7.43. The molecule has 0 atom stereocenters. The zero-order valence-corrected chi connectivity index (χ0v) is 15.5. The van der Waals surface area contributed by atoms with E-state index < -0.39 is 20.0 Å². The lowest BCUT2D eigenvalue weighted by atomic mass is 10.1. The summed E-state index contributed by atoms with van der Waals surface area (Å²) in [5, 5.41) is 5.16. The normalized spacial score (nSPS) is 12.1. The van der Waals surface area contributed by atoms with E-state index in [-0.39, 0.29) is 22.9 Å². The Morgan fingerprint density at radius 2 is 1.64 bits per heavy atom. The number of hydrogen-bond donors (Lipinski definition) is 2. The summed E-state index contributed by atoms with van der Waals surface area (Å²) in [4.78, 5) is 0.224. The summed E-state index contributed by atoms with van der Waals surface area (Å²) >= 11 is 0. The van der Waals surface area contributed by atoms with Gasteiger partial charge in [-0.3, -0.25) is 0 Å². The molecule has 0 aliphatic heterocycles. The highest BCUT2D eigenvalue weighted by molar-refractivity contribution is 7.89. The molecule has 0 spiro atoms. The molecule has 0 aromatic heterocycles. The van der Waals surface area contributed by atoms with Crippen molar-refractivity contribution in [2.45, 2.75) is 23.6 Å². The molecule has 25 heavy (non-hydrogen) atoms. The third kappa shape index (κ3) is 5.02. The second kappa shape index (κ2) is 7.52. The van der Waals surface area contributed by atoms with Crippen molar-refractivity contribution in [3.05, 3.63) is 53.6 Å². The number of hydrogen-bond acceptors (Lipinski definition) is 5. The van der Waals surface area contributed by atoms with E-state index >= 15 is 0 Å². The second-order valence-corrected chi connectivity index (χ2v) is 8.78. The topological polar surface area (TPSA) is 116 Å². The largest absolute Gasteiger partial charge is 0.492 e. The van der Waals surface area contributed by atoms with Gasteiger partial charge in [0.15, 0.2) is 0 Å². The Morgan fingerprint density at radius 1 is 1.00 bits per heavy atom. The SMILES string of the molecule is Cc1cc(S(N)(=O)=O)c(C)cc1OCCNS(=O)(=O)c1ccccc1. The number of sulfonamides is 2. The van der Waals surface area contributed by atoms with E-state index in [9.17, 15) is 16.8 Å². The van der Waals surface area contributed by atoms with E-state index in [4.69, 9.17) is 9.88 Å². The molecule has 136 valence electrons. The van der Waals surface area contributed by atoms with E-state index in [0.717, 1.165) is 0 Å². The quantitative estimate of drug-likeness (QED) is 0.698. The van der Waals surface area contributed by atoms with Crippen LogP contribution in [0.1, 0.15) is 11.1 Å². The molecule has 2 rings (SSSR count). The number of primary sulfonamides is 1. The van der Waals surface area contributed by atoms with Gasteiger partial charge in [-0.1, -0.05) is 18.2 Å². The highest BCUT2D eigenvalue weighted by atomic mass is 32.2. The fourth-order valence-electron chi connectivity index (χ4n) is 2.25. The molecule has 3 N–H and O–H groups in total. The van der Waals surface area contributed by atoms with Crippen LogP contribution >= 0.6 is 0 Å². The highest BCUT2D eigenvalue weighted by Crippen LogP contribution is 2.25. The molecule has 0 amide bonds. The fraction of sp³-hybridized carbons (Fsp3) is 0.250. The van der Waals surface area contributed by atoms with Crippen LogP contribution in [-0.2, 0) is 20.0 Å². The standard InChI is InChI=1S/C16H20N2O5S2/c1-12-11-16(24(17,19)20)13(2)10-15(12)23-9-8-18-25(21,22)14-6-4-3-5-7-14/h3-7,10-11,18H,8-9H2,1-2H3,(H2,17,19,20). The first-order valence-corrected chi connectivity index (χ1v) is 10.5. The van der Waals surface area contributed by atoms with E-state index in [1.54, 1.807) is 38.1 Å². The molecular weight excluding hydrogens is 364 g/mol. The van der Waals surface area contributed by atoms with Crippen molar-refractivity contribution < 1.29 is 21.6 Å². The average molecular weight is 384 g/mol. The van der Waals surface area contributed by atoms with Crippen LogP contribution in [0.3, 0.4) is 0 Å². The van der Waals surface area contributed by atoms with Gasteiger partial charge in [0.25, 0.3) is 0 Å². The third-order valence-corrected chi connectivity index (χ3v) is 6.01. The Labute approximate surface area is 147 Å². The molecule has 0 fully saturated rings. The van der Waals surface area contributed by atoms with Crippen LogP contribution < -0.4 is 14.6 Å². The van der Waals surface area contributed by atoms with Crippen molar-refractivity contribution in [2.24, 2.45) is 5.14 Å². The number of nitrogens with one attached hydrogen (secondary N) is 1. The minimum absolute atomic E-state index is 0.0436. The van der Waals surface area contributed by atoms with Gasteiger partial charge in [0.2, 0.25) is 20.0 Å². The molecule has 2 aromatic carbocycles. The maximum Gasteiger partial charge on any atom is 0.240 e. The van der Waals surface area contributed by atoms with Gasteiger partial charge in [-0.05, 0) is 49.2 Å². The molecular formula is C16H20N2O5S2. The predicted octanol–water partition coefficient (Wildman–Crippen LogP) is 1.31. The summed E-state index contributed by atoms with van der Waals surface area (Å²) in [5.74, 6) is 0.476. The number of nitrogens with two attached hydrogens (primary N) is 1. The Balaban J connectivity index is 2.00. The number of aryl methyl sites for hydroxylation is 2. The predicted molar refractivity (Wildman–Crippen MR) is 94.4 cm³/mol. The monoisotopic (exact) mass is 384 g/mol. The molecule has 0 saturated carbocycles. The Kier molecular flexibility index (Phi) is 5.83. The lowest BCUT2D eigenvalue weighted by molar-refractivity contribution is 0.320. The van der Waals surface area contributed by atoms with Crippen molar-refractivity contribution in [1.82, 2.24) is 4.72 Å². The van der Waals surface area contributed by atoms with Crippen molar-refractivity contribution in [3.63, 3.8) is 0 Å². The molecule has 0 heterocycles. The van der Waals surface area contributed by atoms with Gasteiger partial charge in [-0.15, -0.1) is 0 Å². The van der Waals surface area contributed by atoms with Gasteiger partial charge in [0.1, 0.15) is 12.4 Å². The van der Waals surface area contributed by atoms with Crippen LogP contribution in [0.4, 0.5) is 0 Å². The van der Waals surface area contributed by atoms with Crippen LogP contribution in [0.25, 0.3) is 0 Å². The van der Waals surface area contributed by atoms with Crippen LogP contribution in [-0.4, -0.2) is 30.0 Å². The fourth-order valence-corrected chi connectivity index (χ4v) is 4.13. The van der Waals surface area contributed by atoms with Gasteiger partial charge in [-0.2, -0.15) is 0 Å². The Hall–Kier alpha value is -1.94. The molecule has 2 aromatic rings. The smallest absolute Gasteiger partial charge is 0.240 e. The van der Waals surface area contributed by atoms with Gasteiger partial charge in [0.05, 0.1) is 9.79 Å². The summed E-state index contributed by atoms with van der Waals surface area (Å²) in [6, 6.07) is 11.0. The van der Waals surface area contributed by atoms with Gasteiger partial charge >= 0.3 is 0 Å². The molecule has 7 nitrogen and oxygen atoms in total. The van der Waals surface area contributed by atoms with Gasteiger partial charge < -0.3 is 4.74 Å². The lowest BCUT2D eigenvalue weighted by Gasteiger charge is -2.13. The van der Waals surface area contributed by atoms with Crippen molar-refractivity contribution in [2.75, 3.05) is 13.2 Å². The van der Waals surface area contributed by atoms with Gasteiger partial charge in [-0.25, -0.2) is 26.7 Å². The van der Waals surface area contributed by atoms with Crippen LogP contribution in [0.2, 0.25) is 0 Å². The molecule has 0 aliphatic rings. The maximum atomic E-state index is 12.1. The van der Waals surface area contributed by atoms with E-state index in [1.807, 2.05) is 0 Å². The summed E-state index contributed by atoms with van der Waals surface area (Å²) in [5.41, 5.74) is 1.06. The maximum absolute atomic E-state index is 12.1. The molecule has 0 bridgehead atoms. The van der Waals surface area contributed by atoms with Crippen molar-refractivity contribution in [3.8, 4) is 5.75 Å². The lowest BCUT2D eigenvalue weighted by Crippen LogP contribution is -2.28. The number of ether oxygens (including phenoxy) is 1. The summed E-state index contributed by atoms with van der Waals surface area (Å²) in [6.07, 6.45) is 0. The summed E-state index contributed by atoms with van der Waals surface area (Å²) < 4.78 is 55.1. The molecule has 9 heteroatoms. The number of rotatable bonds is 7. The third-order valence-electron chi connectivity index (χ3n) is 3.48. The summed E-state index contributed by atoms with van der Waals surface area (Å²) in [7, 11) is -7.38.